The van der Waals surface area contributed by atoms with E-state index in [9.17, 15) is 5.11 Å². The molecule has 0 unspecified atom stereocenters. The molecule has 7 nitrogen and oxygen atoms in total. The summed E-state index contributed by atoms with van der Waals surface area (Å²) in [6.45, 7) is 8.35. The van der Waals surface area contributed by atoms with Crippen molar-refractivity contribution >= 4 is 27.4 Å². The van der Waals surface area contributed by atoms with Crippen LogP contribution in [0.3, 0.4) is 0 Å². The van der Waals surface area contributed by atoms with Crippen LogP contribution in [-0.2, 0) is 10.3 Å². The molecule has 4 rings (SSSR count). The van der Waals surface area contributed by atoms with Gasteiger partial charge in [-0.2, -0.15) is 0 Å². The molecule has 0 atom stereocenters. The van der Waals surface area contributed by atoms with Gasteiger partial charge in [-0.15, -0.1) is 11.3 Å². The van der Waals surface area contributed by atoms with Crippen LogP contribution in [0.4, 0.5) is 5.82 Å². The number of nitrogens with zero attached hydrogens (tertiary/aromatic N) is 5. The predicted molar refractivity (Wildman–Crippen MR) is 101 cm³/mol. The standard InChI is InChI=1S/C18H21N5O2S/c1-11-19-9-12(10-20-11)16-21-13-8-14(18(2,3)24)26-15(13)17(22-16)23-4-6-25-7-5-23/h8-10,24H,4-7H2,1-3H3. The molecular formula is C18H21N5O2S. The molecule has 136 valence electrons. The highest BCUT2D eigenvalue weighted by Crippen LogP contribution is 2.38. The highest BCUT2D eigenvalue weighted by Gasteiger charge is 2.24. The van der Waals surface area contributed by atoms with Gasteiger partial charge in [0.25, 0.3) is 0 Å². The zero-order valence-corrected chi connectivity index (χ0v) is 15.9. The maximum atomic E-state index is 10.4. The fourth-order valence-corrected chi connectivity index (χ4v) is 3.96. The fraction of sp³-hybridized carbons (Fsp3) is 0.444. The number of fused-ring (bicyclic) bond motifs is 1. The number of morpholine rings is 1. The normalized spacial score (nSPS) is 15.6. The van der Waals surface area contributed by atoms with Crippen LogP contribution < -0.4 is 4.90 Å². The highest BCUT2D eigenvalue weighted by molar-refractivity contribution is 7.19. The number of ether oxygens (including phenoxy) is 1. The van der Waals surface area contributed by atoms with Gasteiger partial charge >= 0.3 is 0 Å². The topological polar surface area (TPSA) is 84.3 Å². The fourth-order valence-electron chi connectivity index (χ4n) is 2.84. The van der Waals surface area contributed by atoms with Gasteiger partial charge in [-0.1, -0.05) is 0 Å². The Morgan fingerprint density at radius 2 is 1.85 bits per heavy atom. The summed E-state index contributed by atoms with van der Waals surface area (Å²) < 4.78 is 6.47. The van der Waals surface area contributed by atoms with Crippen LogP contribution in [0, 0.1) is 6.92 Å². The Kier molecular flexibility index (Phi) is 4.34. The molecule has 0 saturated carbocycles. The summed E-state index contributed by atoms with van der Waals surface area (Å²) in [6, 6.07) is 1.95. The first-order valence-electron chi connectivity index (χ1n) is 8.58. The Labute approximate surface area is 155 Å². The third kappa shape index (κ3) is 3.27. The number of aliphatic hydroxyl groups is 1. The van der Waals surface area contributed by atoms with E-state index in [4.69, 9.17) is 14.7 Å². The zero-order valence-electron chi connectivity index (χ0n) is 15.1. The molecule has 3 aromatic rings. The average Bonchev–Trinajstić information content (AvgIpc) is 3.07. The molecule has 0 amide bonds. The van der Waals surface area contributed by atoms with Crippen molar-refractivity contribution in [3.8, 4) is 11.4 Å². The van der Waals surface area contributed by atoms with Crippen molar-refractivity contribution in [1.29, 1.82) is 0 Å². The number of thiophene rings is 1. The van der Waals surface area contributed by atoms with E-state index >= 15 is 0 Å². The second kappa shape index (κ2) is 6.53. The second-order valence-corrected chi connectivity index (χ2v) is 7.93. The summed E-state index contributed by atoms with van der Waals surface area (Å²) in [5.74, 6) is 2.19. The van der Waals surface area contributed by atoms with Crippen molar-refractivity contribution < 1.29 is 9.84 Å². The molecule has 4 heterocycles. The van der Waals surface area contributed by atoms with Crippen molar-refractivity contribution in [2.45, 2.75) is 26.4 Å². The summed E-state index contributed by atoms with van der Waals surface area (Å²) >= 11 is 1.54. The van der Waals surface area contributed by atoms with E-state index in [0.29, 0.717) is 24.9 Å². The quantitative estimate of drug-likeness (QED) is 0.757. The number of hydrogen-bond donors (Lipinski definition) is 1. The van der Waals surface area contributed by atoms with Crippen molar-refractivity contribution in [3.05, 3.63) is 29.2 Å². The van der Waals surface area contributed by atoms with Crippen LogP contribution in [0.15, 0.2) is 18.5 Å². The van der Waals surface area contributed by atoms with Gasteiger partial charge in [-0.3, -0.25) is 0 Å². The molecule has 1 saturated heterocycles. The molecule has 1 N–H and O–H groups in total. The molecule has 1 aliphatic heterocycles. The largest absolute Gasteiger partial charge is 0.385 e. The van der Waals surface area contributed by atoms with Gasteiger partial charge in [0.15, 0.2) is 11.6 Å². The van der Waals surface area contributed by atoms with Gasteiger partial charge < -0.3 is 14.7 Å². The Morgan fingerprint density at radius 3 is 2.50 bits per heavy atom. The molecule has 26 heavy (non-hydrogen) atoms. The lowest BCUT2D eigenvalue weighted by Crippen LogP contribution is -2.36. The Morgan fingerprint density at radius 1 is 1.15 bits per heavy atom. The molecule has 0 spiro atoms. The third-order valence-electron chi connectivity index (χ3n) is 4.31. The van der Waals surface area contributed by atoms with Crippen molar-refractivity contribution in [3.63, 3.8) is 0 Å². The van der Waals surface area contributed by atoms with Crippen LogP contribution in [0.5, 0.6) is 0 Å². The summed E-state index contributed by atoms with van der Waals surface area (Å²) in [7, 11) is 0. The van der Waals surface area contributed by atoms with E-state index < -0.39 is 5.60 Å². The van der Waals surface area contributed by atoms with Crippen LogP contribution in [0.2, 0.25) is 0 Å². The number of aromatic nitrogens is 4. The van der Waals surface area contributed by atoms with Crippen molar-refractivity contribution in [2.24, 2.45) is 0 Å². The van der Waals surface area contributed by atoms with Gasteiger partial charge in [0.1, 0.15) is 5.82 Å². The van der Waals surface area contributed by atoms with Gasteiger partial charge in [-0.25, -0.2) is 19.9 Å². The Bertz CT molecular complexity index is 927. The van der Waals surface area contributed by atoms with E-state index in [2.05, 4.69) is 14.9 Å². The second-order valence-electron chi connectivity index (χ2n) is 6.87. The molecule has 0 aliphatic carbocycles. The van der Waals surface area contributed by atoms with E-state index in [0.717, 1.165) is 39.6 Å². The lowest BCUT2D eigenvalue weighted by atomic mass is 10.1. The Hall–Kier alpha value is -2.16. The smallest absolute Gasteiger partial charge is 0.165 e. The minimum Gasteiger partial charge on any atom is -0.385 e. The summed E-state index contributed by atoms with van der Waals surface area (Å²) in [5.41, 5.74) is 0.697. The van der Waals surface area contributed by atoms with E-state index in [-0.39, 0.29) is 0 Å². The summed E-state index contributed by atoms with van der Waals surface area (Å²) in [6.07, 6.45) is 3.49. The number of hydrogen-bond acceptors (Lipinski definition) is 8. The zero-order chi connectivity index (χ0) is 18.3. The SMILES string of the molecule is Cc1ncc(-c2nc(N3CCOCC3)c3sc(C(C)(C)O)cc3n2)cn1. The van der Waals surface area contributed by atoms with Gasteiger partial charge in [-0.05, 0) is 26.8 Å². The maximum absolute atomic E-state index is 10.4. The van der Waals surface area contributed by atoms with Crippen LogP contribution in [-0.4, -0.2) is 51.3 Å². The van der Waals surface area contributed by atoms with Crippen LogP contribution in [0.1, 0.15) is 24.5 Å². The number of anilines is 1. The summed E-state index contributed by atoms with van der Waals surface area (Å²) in [5, 5.41) is 10.4. The van der Waals surface area contributed by atoms with E-state index in [1.165, 1.54) is 0 Å². The number of aryl methyl sites for hydroxylation is 1. The number of rotatable bonds is 3. The van der Waals surface area contributed by atoms with Gasteiger partial charge in [0.05, 0.1) is 34.6 Å². The van der Waals surface area contributed by atoms with Gasteiger partial charge in [0.2, 0.25) is 0 Å². The van der Waals surface area contributed by atoms with Gasteiger partial charge in [0, 0.05) is 30.4 Å². The first-order chi connectivity index (χ1) is 12.4. The lowest BCUT2D eigenvalue weighted by Gasteiger charge is -2.28. The molecular weight excluding hydrogens is 350 g/mol. The van der Waals surface area contributed by atoms with Crippen LogP contribution >= 0.6 is 11.3 Å². The Balaban J connectivity index is 1.89. The molecule has 8 heteroatoms. The van der Waals surface area contributed by atoms with E-state index in [1.54, 1.807) is 37.6 Å². The first-order valence-corrected chi connectivity index (χ1v) is 9.39. The molecule has 1 aliphatic rings. The monoisotopic (exact) mass is 371 g/mol. The first kappa shape index (κ1) is 17.3. The van der Waals surface area contributed by atoms with E-state index in [1.807, 2.05) is 13.0 Å². The minimum atomic E-state index is -0.916. The summed E-state index contributed by atoms with van der Waals surface area (Å²) in [4.78, 5) is 21.2. The molecule has 0 bridgehead atoms. The average molecular weight is 371 g/mol. The molecule has 0 aromatic carbocycles. The highest BCUT2D eigenvalue weighted by atomic mass is 32.1. The minimum absolute atomic E-state index is 0.596. The predicted octanol–water partition coefficient (Wildman–Crippen LogP) is 2.52. The molecule has 3 aromatic heterocycles. The molecule has 0 radical (unpaired) electrons. The third-order valence-corrected chi connectivity index (χ3v) is 5.74. The molecule has 1 fully saturated rings. The van der Waals surface area contributed by atoms with Crippen molar-refractivity contribution in [2.75, 3.05) is 31.2 Å². The maximum Gasteiger partial charge on any atom is 0.165 e. The lowest BCUT2D eigenvalue weighted by molar-refractivity contribution is 0.0826. The van der Waals surface area contributed by atoms with Crippen LogP contribution in [0.25, 0.3) is 21.6 Å². The van der Waals surface area contributed by atoms with Crippen molar-refractivity contribution in [1.82, 2.24) is 19.9 Å².